The summed E-state index contributed by atoms with van der Waals surface area (Å²) in [5.41, 5.74) is 0. The summed E-state index contributed by atoms with van der Waals surface area (Å²) in [6, 6.07) is 0. The fourth-order valence-corrected chi connectivity index (χ4v) is 7.79. The zero-order valence-corrected chi connectivity index (χ0v) is 46.7. The van der Waals surface area contributed by atoms with Gasteiger partial charge in [0.1, 0.15) is 13.2 Å². The summed E-state index contributed by atoms with van der Waals surface area (Å²) in [6.07, 6.45) is 81.8. The second-order valence-electron chi connectivity index (χ2n) is 19.2. The Morgan fingerprint density at radius 2 is 0.597 bits per heavy atom. The molecule has 1 atom stereocenters. The molecule has 0 bridgehead atoms. The van der Waals surface area contributed by atoms with Crippen molar-refractivity contribution >= 4 is 17.9 Å². The van der Waals surface area contributed by atoms with Crippen molar-refractivity contribution in [3.05, 3.63) is 122 Å². The minimum absolute atomic E-state index is 0.104. The van der Waals surface area contributed by atoms with Crippen molar-refractivity contribution in [1.82, 2.24) is 0 Å². The zero-order chi connectivity index (χ0) is 52.2. The molecule has 0 radical (unpaired) electrons. The van der Waals surface area contributed by atoms with Crippen LogP contribution in [0, 0.1) is 0 Å². The smallest absolute Gasteiger partial charge is 0.306 e. The van der Waals surface area contributed by atoms with Crippen LogP contribution < -0.4 is 0 Å². The Bertz CT molecular complexity index is 1520. The molecule has 0 aromatic rings. The summed E-state index contributed by atoms with van der Waals surface area (Å²) in [7, 11) is 0. The molecule has 0 spiro atoms. The molecule has 0 N–H and O–H groups in total. The predicted molar refractivity (Wildman–Crippen MR) is 311 cm³/mol. The molecule has 6 heteroatoms. The van der Waals surface area contributed by atoms with Gasteiger partial charge in [-0.3, -0.25) is 14.4 Å². The first-order valence-electron chi connectivity index (χ1n) is 29.6. The van der Waals surface area contributed by atoms with Crippen LogP contribution in [0.1, 0.15) is 258 Å². The second-order valence-corrected chi connectivity index (χ2v) is 19.2. The highest BCUT2D eigenvalue weighted by atomic mass is 16.6. The number of esters is 3. The summed E-state index contributed by atoms with van der Waals surface area (Å²) in [6.45, 7) is 6.43. The van der Waals surface area contributed by atoms with Gasteiger partial charge in [0.2, 0.25) is 0 Å². The number of rotatable bonds is 52. The van der Waals surface area contributed by atoms with E-state index in [-0.39, 0.29) is 31.1 Å². The Hall–Kier alpha value is -4.19. The van der Waals surface area contributed by atoms with Crippen LogP contribution in [0.3, 0.4) is 0 Å². The summed E-state index contributed by atoms with van der Waals surface area (Å²) >= 11 is 0. The van der Waals surface area contributed by atoms with E-state index in [9.17, 15) is 14.4 Å². The summed E-state index contributed by atoms with van der Waals surface area (Å²) in [4.78, 5) is 38.2. The molecule has 0 aliphatic heterocycles. The molecule has 6 nitrogen and oxygen atoms in total. The number of unbranched alkanes of at least 4 members (excludes halogenated alkanes) is 23. The molecule has 0 heterocycles. The third kappa shape index (κ3) is 56.7. The molecule has 72 heavy (non-hydrogen) atoms. The minimum Gasteiger partial charge on any atom is -0.462 e. The number of carbonyl (C=O) groups excluding carboxylic acids is 3. The van der Waals surface area contributed by atoms with Gasteiger partial charge in [0, 0.05) is 19.3 Å². The van der Waals surface area contributed by atoms with E-state index in [1.54, 1.807) is 0 Å². The standard InChI is InChI=1S/C66H108O6/c1-4-7-10-13-16-19-22-25-28-31-33-36-38-41-44-47-50-53-56-59-65(68)71-62-63(61-70-64(67)58-55-52-49-46-43-40-37-34-30-27-24-21-18-15-12-9-6-3)72-66(69)60-57-54-51-48-45-42-39-35-32-29-26-23-20-17-14-11-8-5-2/h7,10,16,18-19,21,23,25-30,32-33,35-36,39,41,44,63H,4-6,8-9,11-15,17,20,22,24,31,34,37-38,40,42-43,45-62H2,1-3H3/b10-7-,19-16-,21-18-,26-23-,28-25-,30-27-,32-29-,36-33-,39-35-,44-41-. The molecule has 0 rings (SSSR count). The van der Waals surface area contributed by atoms with Crippen LogP contribution in [0.15, 0.2) is 122 Å². The Morgan fingerprint density at radius 1 is 0.306 bits per heavy atom. The van der Waals surface area contributed by atoms with Gasteiger partial charge < -0.3 is 14.2 Å². The zero-order valence-electron chi connectivity index (χ0n) is 46.7. The summed E-state index contributed by atoms with van der Waals surface area (Å²) in [5, 5.41) is 0. The van der Waals surface area contributed by atoms with Gasteiger partial charge in [-0.05, 0) is 122 Å². The highest BCUT2D eigenvalue weighted by Crippen LogP contribution is 2.14. The topological polar surface area (TPSA) is 78.9 Å². The van der Waals surface area contributed by atoms with Gasteiger partial charge in [0.25, 0.3) is 0 Å². The van der Waals surface area contributed by atoms with Crippen LogP contribution in [0.2, 0.25) is 0 Å². The van der Waals surface area contributed by atoms with Crippen LogP contribution in [0.4, 0.5) is 0 Å². The lowest BCUT2D eigenvalue weighted by Crippen LogP contribution is -2.30. The molecule has 0 saturated heterocycles. The van der Waals surface area contributed by atoms with E-state index in [1.807, 2.05) is 0 Å². The molecule has 0 aliphatic rings. The highest BCUT2D eigenvalue weighted by Gasteiger charge is 2.19. The summed E-state index contributed by atoms with van der Waals surface area (Å²) in [5.74, 6) is -0.965. The van der Waals surface area contributed by atoms with Crippen LogP contribution in [-0.2, 0) is 28.6 Å². The molecule has 408 valence electrons. The lowest BCUT2D eigenvalue weighted by Gasteiger charge is -2.18. The second kappa shape index (κ2) is 59.4. The van der Waals surface area contributed by atoms with Gasteiger partial charge in [-0.1, -0.05) is 239 Å². The normalized spacial score (nSPS) is 13.0. The molecule has 0 saturated carbocycles. The van der Waals surface area contributed by atoms with Gasteiger partial charge in [0.05, 0.1) is 0 Å². The molecule has 0 amide bonds. The lowest BCUT2D eigenvalue weighted by molar-refractivity contribution is -0.167. The van der Waals surface area contributed by atoms with Crippen molar-refractivity contribution in [3.63, 3.8) is 0 Å². The monoisotopic (exact) mass is 997 g/mol. The van der Waals surface area contributed by atoms with Crippen LogP contribution in [-0.4, -0.2) is 37.2 Å². The average molecular weight is 998 g/mol. The number of allylic oxidation sites excluding steroid dienone is 20. The van der Waals surface area contributed by atoms with E-state index >= 15 is 0 Å². The third-order valence-corrected chi connectivity index (χ3v) is 12.2. The highest BCUT2D eigenvalue weighted by molar-refractivity contribution is 5.71. The van der Waals surface area contributed by atoms with Crippen LogP contribution in [0.25, 0.3) is 0 Å². The van der Waals surface area contributed by atoms with E-state index in [2.05, 4.69) is 142 Å². The van der Waals surface area contributed by atoms with Crippen molar-refractivity contribution in [2.45, 2.75) is 264 Å². The largest absolute Gasteiger partial charge is 0.462 e. The molecule has 0 aromatic heterocycles. The van der Waals surface area contributed by atoms with Crippen molar-refractivity contribution < 1.29 is 28.6 Å². The van der Waals surface area contributed by atoms with Gasteiger partial charge in [-0.25, -0.2) is 0 Å². The molecule has 0 aromatic carbocycles. The van der Waals surface area contributed by atoms with Gasteiger partial charge in [0.15, 0.2) is 6.10 Å². The van der Waals surface area contributed by atoms with Gasteiger partial charge in [-0.15, -0.1) is 0 Å². The maximum Gasteiger partial charge on any atom is 0.306 e. The Morgan fingerprint density at radius 3 is 1.00 bits per heavy atom. The van der Waals surface area contributed by atoms with E-state index in [1.165, 1.54) is 83.5 Å². The van der Waals surface area contributed by atoms with Crippen molar-refractivity contribution in [1.29, 1.82) is 0 Å². The van der Waals surface area contributed by atoms with Gasteiger partial charge in [-0.2, -0.15) is 0 Å². The van der Waals surface area contributed by atoms with E-state index < -0.39 is 6.10 Å². The Kier molecular flexibility index (Phi) is 55.9. The van der Waals surface area contributed by atoms with Crippen LogP contribution in [0.5, 0.6) is 0 Å². The first kappa shape index (κ1) is 67.8. The predicted octanol–water partition coefficient (Wildman–Crippen LogP) is 20.0. The first-order chi connectivity index (χ1) is 35.5. The first-order valence-corrected chi connectivity index (χ1v) is 29.6. The average Bonchev–Trinajstić information content (AvgIpc) is 3.38. The maximum absolute atomic E-state index is 12.9. The summed E-state index contributed by atoms with van der Waals surface area (Å²) < 4.78 is 16.8. The number of ether oxygens (including phenoxy) is 3. The number of hydrogen-bond acceptors (Lipinski definition) is 6. The van der Waals surface area contributed by atoms with E-state index in [4.69, 9.17) is 14.2 Å². The van der Waals surface area contributed by atoms with Gasteiger partial charge >= 0.3 is 17.9 Å². The number of hydrogen-bond donors (Lipinski definition) is 0. The maximum atomic E-state index is 12.9. The van der Waals surface area contributed by atoms with Crippen molar-refractivity contribution in [3.8, 4) is 0 Å². The quantitative estimate of drug-likeness (QED) is 0.0199. The minimum atomic E-state index is -0.811. The fourth-order valence-electron chi connectivity index (χ4n) is 7.79. The van der Waals surface area contributed by atoms with E-state index in [0.29, 0.717) is 19.3 Å². The van der Waals surface area contributed by atoms with E-state index in [0.717, 1.165) is 135 Å². The third-order valence-electron chi connectivity index (χ3n) is 12.2. The van der Waals surface area contributed by atoms with Crippen LogP contribution >= 0.6 is 0 Å². The molecule has 0 fully saturated rings. The molecule has 0 aliphatic carbocycles. The Balaban J connectivity index is 4.53. The lowest BCUT2D eigenvalue weighted by atomic mass is 10.1. The fraction of sp³-hybridized carbons (Fsp3) is 0.652. The van der Waals surface area contributed by atoms with Crippen molar-refractivity contribution in [2.75, 3.05) is 13.2 Å². The molecular weight excluding hydrogens is 889 g/mol. The Labute approximate surface area is 443 Å². The molecular formula is C66H108O6. The number of carbonyl (C=O) groups is 3. The SMILES string of the molecule is CC/C=C\C/C=C\C/C=C\C/C=C\C/C=C\CCCCCC(=O)OCC(COC(=O)CCCCCCCCC/C=C\C/C=C\CCCCC)OC(=O)CCCCCCC\C=C/C=C\C=C/CCCCCCC. The van der Waals surface area contributed by atoms with Crippen molar-refractivity contribution in [2.24, 2.45) is 0 Å². The molecule has 1 unspecified atom stereocenters.